The third kappa shape index (κ3) is 4.52. The third-order valence-electron chi connectivity index (χ3n) is 1.63. The van der Waals surface area contributed by atoms with Crippen LogP contribution in [0.2, 0.25) is 13.1 Å². The number of hydrogen-bond acceptors (Lipinski definition) is 2. The van der Waals surface area contributed by atoms with Crippen LogP contribution in [0, 0.1) is 0 Å². The zero-order valence-corrected chi connectivity index (χ0v) is 10.6. The van der Waals surface area contributed by atoms with Gasteiger partial charge in [-0.05, 0) is 25.2 Å². The minimum atomic E-state index is -4.37. The molecule has 0 saturated carbocycles. The normalized spacial score (nSPS) is 12.9. The first-order valence-electron chi connectivity index (χ1n) is 4.53. The lowest BCUT2D eigenvalue weighted by molar-refractivity contribution is -0.137. The number of thioether (sulfide) groups is 1. The third-order valence-corrected chi connectivity index (χ3v) is 5.49. The molecule has 0 aliphatic rings. The van der Waals surface area contributed by atoms with Crippen molar-refractivity contribution in [3.63, 3.8) is 0 Å². The Morgan fingerprint density at radius 3 is 2.31 bits per heavy atom. The van der Waals surface area contributed by atoms with Crippen LogP contribution in [-0.4, -0.2) is 18.8 Å². The molecule has 1 nitrogen and oxygen atoms in total. The summed E-state index contributed by atoms with van der Waals surface area (Å²) in [6, 6.07) is 2.23. The molecule has 0 N–H and O–H groups in total. The van der Waals surface area contributed by atoms with Crippen LogP contribution in [0.4, 0.5) is 17.3 Å². The Labute approximate surface area is 96.5 Å². The van der Waals surface area contributed by atoms with Crippen molar-refractivity contribution in [1.29, 1.82) is 0 Å². The van der Waals surface area contributed by atoms with E-state index in [1.165, 1.54) is 6.07 Å². The molecule has 1 aromatic heterocycles. The van der Waals surface area contributed by atoms with Crippen molar-refractivity contribution in [2.45, 2.75) is 24.3 Å². The van der Waals surface area contributed by atoms with E-state index < -0.39 is 20.1 Å². The van der Waals surface area contributed by atoms with Crippen molar-refractivity contribution in [1.82, 2.24) is 4.98 Å². The second-order valence-electron chi connectivity index (χ2n) is 3.89. The largest absolute Gasteiger partial charge is 0.417 e. The van der Waals surface area contributed by atoms with Gasteiger partial charge in [-0.3, -0.25) is 0 Å². The first kappa shape index (κ1) is 13.5. The van der Waals surface area contributed by atoms with Gasteiger partial charge in [-0.25, -0.2) is 4.98 Å². The van der Waals surface area contributed by atoms with Crippen LogP contribution in [0.3, 0.4) is 0 Å². The molecule has 16 heavy (non-hydrogen) atoms. The van der Waals surface area contributed by atoms with E-state index in [0.717, 1.165) is 24.0 Å². The van der Waals surface area contributed by atoms with Crippen molar-refractivity contribution in [3.8, 4) is 0 Å². The molecular weight excluding hydrogens is 258 g/mol. The maximum absolute atomic E-state index is 13.3. The summed E-state index contributed by atoms with van der Waals surface area (Å²) in [6.07, 6.45) is -3.60. The molecule has 0 aliphatic heterocycles. The van der Waals surface area contributed by atoms with Gasteiger partial charge in [0.05, 0.1) is 10.6 Å². The van der Waals surface area contributed by atoms with Crippen molar-refractivity contribution in [2.75, 3.05) is 5.38 Å². The highest BCUT2D eigenvalue weighted by atomic mass is 32.2. The highest BCUT2D eigenvalue weighted by molar-refractivity contribution is 8.00. The molecule has 90 valence electrons. The molecule has 0 amide bonds. The SMILES string of the molecule is C[Si](C)(F)CSc1ccc(C(F)(F)F)cn1. The number of nitrogens with zero attached hydrogens (tertiary/aromatic N) is 1. The van der Waals surface area contributed by atoms with Gasteiger partial charge in [0, 0.05) is 11.6 Å². The number of halogens is 4. The molecule has 0 bridgehead atoms. The average Bonchev–Trinajstić information content (AvgIpc) is 2.13. The Morgan fingerprint density at radius 2 is 1.94 bits per heavy atom. The van der Waals surface area contributed by atoms with Crippen molar-refractivity contribution in [3.05, 3.63) is 23.9 Å². The van der Waals surface area contributed by atoms with E-state index >= 15 is 0 Å². The Morgan fingerprint density at radius 1 is 1.31 bits per heavy atom. The molecule has 0 radical (unpaired) electrons. The van der Waals surface area contributed by atoms with Crippen molar-refractivity contribution >= 4 is 20.2 Å². The Hall–Kier alpha value is -0.563. The monoisotopic (exact) mass is 269 g/mol. The maximum atomic E-state index is 13.3. The van der Waals surface area contributed by atoms with Crippen LogP contribution in [-0.2, 0) is 6.18 Å². The molecular formula is C9H11F4NSSi. The van der Waals surface area contributed by atoms with Crippen LogP contribution >= 0.6 is 11.8 Å². The molecule has 1 aromatic rings. The van der Waals surface area contributed by atoms with Gasteiger partial charge in [-0.1, -0.05) is 0 Å². The van der Waals surface area contributed by atoms with Gasteiger partial charge in [0.15, 0.2) is 0 Å². The smallest absolute Gasteiger partial charge is 0.314 e. The summed E-state index contributed by atoms with van der Waals surface area (Å²) >= 11 is 1.15. The van der Waals surface area contributed by atoms with E-state index in [4.69, 9.17) is 0 Å². The van der Waals surface area contributed by atoms with Crippen LogP contribution in [0.25, 0.3) is 0 Å². The number of aromatic nitrogens is 1. The minimum absolute atomic E-state index is 0.297. The summed E-state index contributed by atoms with van der Waals surface area (Å²) in [7, 11) is -2.69. The Bertz CT molecular complexity index is 344. The maximum Gasteiger partial charge on any atom is 0.417 e. The zero-order chi connectivity index (χ0) is 12.4. The van der Waals surface area contributed by atoms with E-state index in [0.29, 0.717) is 10.4 Å². The standard InChI is InChI=1S/C9H11F4NSSi/c1-16(2,13)6-15-8-4-3-7(5-14-8)9(10,11)12/h3-5H,6H2,1-2H3. The van der Waals surface area contributed by atoms with Gasteiger partial charge in [-0.15, -0.1) is 11.8 Å². The summed E-state index contributed by atoms with van der Waals surface area (Å²) in [5.41, 5.74) is -0.784. The minimum Gasteiger partial charge on any atom is -0.314 e. The molecule has 0 unspecified atom stereocenters. The lowest BCUT2D eigenvalue weighted by atomic mass is 10.3. The molecule has 7 heteroatoms. The average molecular weight is 269 g/mol. The molecule has 1 rings (SSSR count). The Balaban J connectivity index is 2.66. The number of rotatable bonds is 3. The molecule has 1 heterocycles. The molecule has 0 aromatic carbocycles. The molecule has 0 aliphatic carbocycles. The van der Waals surface area contributed by atoms with Gasteiger partial charge >= 0.3 is 6.18 Å². The fourth-order valence-corrected chi connectivity index (χ4v) is 3.13. The van der Waals surface area contributed by atoms with Gasteiger partial charge in [0.1, 0.15) is 0 Å². The quantitative estimate of drug-likeness (QED) is 0.357. The van der Waals surface area contributed by atoms with E-state index in [2.05, 4.69) is 4.98 Å². The molecule has 0 atom stereocenters. The number of pyridine rings is 1. The highest BCUT2D eigenvalue weighted by Crippen LogP contribution is 2.30. The summed E-state index contributed by atoms with van der Waals surface area (Å²) in [6.45, 7) is 3.09. The summed E-state index contributed by atoms with van der Waals surface area (Å²) in [5, 5.41) is 0.719. The van der Waals surface area contributed by atoms with Crippen LogP contribution in [0.1, 0.15) is 5.56 Å². The van der Waals surface area contributed by atoms with E-state index in [9.17, 15) is 17.3 Å². The highest BCUT2D eigenvalue weighted by Gasteiger charge is 2.30. The predicted molar refractivity (Wildman–Crippen MR) is 58.6 cm³/mol. The number of hydrogen-bond donors (Lipinski definition) is 0. The number of alkyl halides is 3. The first-order chi connectivity index (χ1) is 7.18. The fourth-order valence-electron chi connectivity index (χ4n) is 0.879. The van der Waals surface area contributed by atoms with Gasteiger partial charge in [-0.2, -0.15) is 13.2 Å². The van der Waals surface area contributed by atoms with E-state index in [1.807, 2.05) is 0 Å². The topological polar surface area (TPSA) is 12.9 Å². The second kappa shape index (κ2) is 4.75. The summed E-state index contributed by atoms with van der Waals surface area (Å²) < 4.78 is 49.8. The molecule has 0 saturated heterocycles. The summed E-state index contributed by atoms with van der Waals surface area (Å²) in [5.74, 6) is 0. The van der Waals surface area contributed by atoms with Crippen LogP contribution < -0.4 is 0 Å². The fraction of sp³-hybridized carbons (Fsp3) is 0.444. The summed E-state index contributed by atoms with van der Waals surface area (Å²) in [4.78, 5) is 3.65. The van der Waals surface area contributed by atoms with Crippen molar-refractivity contribution < 1.29 is 17.3 Å². The predicted octanol–water partition coefficient (Wildman–Crippen LogP) is 3.91. The van der Waals surface area contributed by atoms with Crippen LogP contribution in [0.15, 0.2) is 23.4 Å². The van der Waals surface area contributed by atoms with Crippen molar-refractivity contribution in [2.24, 2.45) is 0 Å². The van der Waals surface area contributed by atoms with Gasteiger partial charge in [0.25, 0.3) is 8.41 Å². The molecule has 0 fully saturated rings. The van der Waals surface area contributed by atoms with Gasteiger partial charge < -0.3 is 4.11 Å². The lowest BCUT2D eigenvalue weighted by Crippen LogP contribution is -2.22. The molecule has 0 spiro atoms. The first-order valence-corrected chi connectivity index (χ1v) is 8.60. The second-order valence-corrected chi connectivity index (χ2v) is 9.19. The Kier molecular flexibility index (Phi) is 4.00. The van der Waals surface area contributed by atoms with Gasteiger partial charge in [0.2, 0.25) is 0 Å². The lowest BCUT2D eigenvalue weighted by Gasteiger charge is -2.10. The zero-order valence-electron chi connectivity index (χ0n) is 8.81. The van der Waals surface area contributed by atoms with E-state index in [1.54, 1.807) is 13.1 Å². The van der Waals surface area contributed by atoms with Crippen LogP contribution in [0.5, 0.6) is 0 Å². The van der Waals surface area contributed by atoms with E-state index in [-0.39, 0.29) is 0 Å².